The van der Waals surface area contributed by atoms with Gasteiger partial charge >= 0.3 is 7.69 Å². The minimum absolute atomic E-state index is 0.646. The van der Waals surface area contributed by atoms with Gasteiger partial charge in [0.2, 0.25) is 0 Å². The van der Waals surface area contributed by atoms with Gasteiger partial charge < -0.3 is 9.31 Å². The van der Waals surface area contributed by atoms with Crippen molar-refractivity contribution in [3.05, 3.63) is 70.8 Å². The van der Waals surface area contributed by atoms with Crippen LogP contribution in [0, 0.1) is 13.8 Å². The van der Waals surface area contributed by atoms with Gasteiger partial charge in [-0.3, -0.25) is 0 Å². The summed E-state index contributed by atoms with van der Waals surface area (Å²) in [7, 11) is 1.46. The molecule has 2 nitrogen and oxygen atoms in total. The zero-order valence-corrected chi connectivity index (χ0v) is 12.8. The Hall–Kier alpha value is -1.58. The molecule has 0 bridgehead atoms. The standard InChI is InChI=1S/C18H22BO2/c1-15-3-7-17(8-4-15)11-13-20-19-21-14-12-18-9-5-16(2)6-10-18/h3-10H,11-14H2,1-2H3. The Morgan fingerprint density at radius 3 is 1.43 bits per heavy atom. The molecular weight excluding hydrogens is 259 g/mol. The van der Waals surface area contributed by atoms with E-state index < -0.39 is 0 Å². The van der Waals surface area contributed by atoms with Gasteiger partial charge in [0.1, 0.15) is 0 Å². The average Bonchev–Trinajstić information content (AvgIpc) is 2.50. The molecule has 2 rings (SSSR count). The maximum atomic E-state index is 5.38. The molecule has 0 unspecified atom stereocenters. The van der Waals surface area contributed by atoms with Crippen LogP contribution < -0.4 is 0 Å². The minimum Gasteiger partial charge on any atom is -0.413 e. The molecule has 0 aliphatic carbocycles. The highest BCUT2D eigenvalue weighted by molar-refractivity contribution is 6.17. The first-order chi connectivity index (χ1) is 10.2. The number of aryl methyl sites for hydroxylation is 2. The van der Waals surface area contributed by atoms with Crippen LogP contribution in [-0.2, 0) is 22.2 Å². The Morgan fingerprint density at radius 2 is 1.05 bits per heavy atom. The van der Waals surface area contributed by atoms with E-state index >= 15 is 0 Å². The van der Waals surface area contributed by atoms with Crippen molar-refractivity contribution < 1.29 is 9.31 Å². The Kier molecular flexibility index (Phi) is 6.51. The van der Waals surface area contributed by atoms with Gasteiger partial charge in [0, 0.05) is 13.2 Å². The summed E-state index contributed by atoms with van der Waals surface area (Å²) in [5.41, 5.74) is 5.14. The fraction of sp³-hybridized carbons (Fsp3) is 0.333. The van der Waals surface area contributed by atoms with Crippen molar-refractivity contribution in [2.75, 3.05) is 13.2 Å². The molecule has 0 amide bonds. The molecule has 0 N–H and O–H groups in total. The van der Waals surface area contributed by atoms with Crippen molar-refractivity contribution in [1.29, 1.82) is 0 Å². The number of hydrogen-bond donors (Lipinski definition) is 0. The first-order valence-corrected chi connectivity index (χ1v) is 7.40. The maximum Gasteiger partial charge on any atom is 0.488 e. The van der Waals surface area contributed by atoms with E-state index in [-0.39, 0.29) is 0 Å². The number of rotatable bonds is 8. The number of benzene rings is 2. The monoisotopic (exact) mass is 281 g/mol. The van der Waals surface area contributed by atoms with Crippen LogP contribution in [0.15, 0.2) is 48.5 Å². The summed E-state index contributed by atoms with van der Waals surface area (Å²) in [6, 6.07) is 17.0. The third-order valence-electron chi connectivity index (χ3n) is 3.39. The summed E-state index contributed by atoms with van der Waals surface area (Å²) < 4.78 is 10.8. The topological polar surface area (TPSA) is 18.5 Å². The zero-order chi connectivity index (χ0) is 14.9. The highest BCUT2D eigenvalue weighted by Gasteiger charge is 1.98. The Morgan fingerprint density at radius 1 is 0.667 bits per heavy atom. The Labute approximate surface area is 128 Å². The van der Waals surface area contributed by atoms with Crippen molar-refractivity contribution in [3.8, 4) is 0 Å². The molecule has 0 aliphatic rings. The van der Waals surface area contributed by atoms with E-state index in [0.717, 1.165) is 12.8 Å². The maximum absolute atomic E-state index is 5.38. The van der Waals surface area contributed by atoms with Gasteiger partial charge in [-0.05, 0) is 37.8 Å². The van der Waals surface area contributed by atoms with Crippen LogP contribution in [-0.4, -0.2) is 20.9 Å². The molecule has 0 spiro atoms. The van der Waals surface area contributed by atoms with Gasteiger partial charge in [-0.25, -0.2) is 0 Å². The molecule has 0 saturated heterocycles. The highest BCUT2D eigenvalue weighted by atomic mass is 16.6. The van der Waals surface area contributed by atoms with Crippen molar-refractivity contribution in [2.24, 2.45) is 0 Å². The lowest BCUT2D eigenvalue weighted by Gasteiger charge is -2.05. The van der Waals surface area contributed by atoms with Gasteiger partial charge in [0.15, 0.2) is 0 Å². The van der Waals surface area contributed by atoms with E-state index in [1.807, 2.05) is 0 Å². The van der Waals surface area contributed by atoms with E-state index in [2.05, 4.69) is 62.4 Å². The third kappa shape index (κ3) is 6.15. The molecule has 21 heavy (non-hydrogen) atoms. The van der Waals surface area contributed by atoms with Gasteiger partial charge in [-0.1, -0.05) is 59.7 Å². The molecular formula is C18H22BO2. The highest BCUT2D eigenvalue weighted by Crippen LogP contribution is 2.05. The second-order valence-electron chi connectivity index (χ2n) is 5.31. The molecule has 3 heteroatoms. The SMILES string of the molecule is Cc1ccc(CCO[B]OCCc2ccc(C)cc2)cc1. The van der Waals surface area contributed by atoms with Crippen molar-refractivity contribution >= 4 is 7.69 Å². The first-order valence-electron chi connectivity index (χ1n) is 7.40. The molecule has 0 saturated carbocycles. The van der Waals surface area contributed by atoms with Crippen LogP contribution in [0.3, 0.4) is 0 Å². The smallest absolute Gasteiger partial charge is 0.413 e. The van der Waals surface area contributed by atoms with Crippen LogP contribution in [0.1, 0.15) is 22.3 Å². The summed E-state index contributed by atoms with van der Waals surface area (Å²) in [6.45, 7) is 5.48. The van der Waals surface area contributed by atoms with E-state index in [4.69, 9.17) is 9.31 Å². The summed E-state index contributed by atoms with van der Waals surface area (Å²) in [6.07, 6.45) is 1.80. The van der Waals surface area contributed by atoms with Gasteiger partial charge in [-0.2, -0.15) is 0 Å². The summed E-state index contributed by atoms with van der Waals surface area (Å²) in [4.78, 5) is 0. The summed E-state index contributed by atoms with van der Waals surface area (Å²) in [5, 5.41) is 0. The molecule has 0 fully saturated rings. The second-order valence-corrected chi connectivity index (χ2v) is 5.31. The Balaban J connectivity index is 1.52. The minimum atomic E-state index is 0.646. The van der Waals surface area contributed by atoms with Crippen LogP contribution in [0.2, 0.25) is 0 Å². The van der Waals surface area contributed by atoms with Crippen molar-refractivity contribution in [2.45, 2.75) is 26.7 Å². The van der Waals surface area contributed by atoms with Crippen LogP contribution in [0.4, 0.5) is 0 Å². The van der Waals surface area contributed by atoms with Gasteiger partial charge in [0.25, 0.3) is 0 Å². The van der Waals surface area contributed by atoms with Crippen LogP contribution in [0.25, 0.3) is 0 Å². The van der Waals surface area contributed by atoms with Crippen LogP contribution in [0.5, 0.6) is 0 Å². The van der Waals surface area contributed by atoms with Gasteiger partial charge in [0.05, 0.1) is 0 Å². The van der Waals surface area contributed by atoms with E-state index in [9.17, 15) is 0 Å². The molecule has 1 radical (unpaired) electrons. The Bertz CT molecular complexity index is 470. The molecule has 0 aromatic heterocycles. The van der Waals surface area contributed by atoms with E-state index in [0.29, 0.717) is 13.2 Å². The molecule has 109 valence electrons. The summed E-state index contributed by atoms with van der Waals surface area (Å²) in [5.74, 6) is 0. The lowest BCUT2D eigenvalue weighted by molar-refractivity contribution is 0.225. The fourth-order valence-electron chi connectivity index (χ4n) is 2.01. The van der Waals surface area contributed by atoms with Crippen molar-refractivity contribution in [3.63, 3.8) is 0 Å². The third-order valence-corrected chi connectivity index (χ3v) is 3.39. The fourth-order valence-corrected chi connectivity index (χ4v) is 2.01. The normalized spacial score (nSPS) is 10.6. The lowest BCUT2D eigenvalue weighted by Crippen LogP contribution is -2.09. The zero-order valence-electron chi connectivity index (χ0n) is 12.8. The number of hydrogen-bond acceptors (Lipinski definition) is 2. The van der Waals surface area contributed by atoms with E-state index in [1.165, 1.54) is 29.9 Å². The van der Waals surface area contributed by atoms with Crippen LogP contribution >= 0.6 is 0 Å². The van der Waals surface area contributed by atoms with Gasteiger partial charge in [-0.15, -0.1) is 0 Å². The molecule has 0 aliphatic heterocycles. The molecule has 2 aromatic rings. The molecule has 0 heterocycles. The summed E-state index contributed by atoms with van der Waals surface area (Å²) >= 11 is 0. The lowest BCUT2D eigenvalue weighted by atomic mass is 10.1. The quantitative estimate of drug-likeness (QED) is 0.543. The molecule has 2 aromatic carbocycles. The first kappa shape index (κ1) is 15.8. The predicted octanol–water partition coefficient (Wildman–Crippen LogP) is 3.66. The molecule has 0 atom stereocenters. The predicted molar refractivity (Wildman–Crippen MR) is 87.4 cm³/mol. The second kappa shape index (κ2) is 8.65. The van der Waals surface area contributed by atoms with Crippen molar-refractivity contribution in [1.82, 2.24) is 0 Å². The average molecular weight is 281 g/mol. The van der Waals surface area contributed by atoms with E-state index in [1.54, 1.807) is 0 Å². The largest absolute Gasteiger partial charge is 0.488 e.